The number of H-pyrrole nitrogens is 1. The van der Waals surface area contributed by atoms with E-state index in [9.17, 15) is 4.79 Å². The third-order valence-corrected chi connectivity index (χ3v) is 6.41. The molecule has 1 aromatic heterocycles. The Morgan fingerprint density at radius 3 is 1.73 bits per heavy atom. The average molecular weight is 498 g/mol. The number of pyridine rings is 1. The molecule has 5 rings (SSSR count). The lowest BCUT2D eigenvalue weighted by Crippen LogP contribution is -2.37. The van der Waals surface area contributed by atoms with Crippen LogP contribution in [0.4, 0.5) is 0 Å². The Morgan fingerprint density at radius 2 is 1.19 bits per heavy atom. The van der Waals surface area contributed by atoms with Crippen LogP contribution < -0.4 is 5.56 Å². The predicted molar refractivity (Wildman–Crippen MR) is 141 cm³/mol. The van der Waals surface area contributed by atoms with E-state index in [1.165, 1.54) is 6.07 Å². The molecule has 1 saturated heterocycles. The number of rotatable bonds is 11. The number of hydrogen-bond acceptors (Lipinski definition) is 5. The zero-order chi connectivity index (χ0) is 25.3. The molecule has 0 bridgehead atoms. The first-order valence-corrected chi connectivity index (χ1v) is 12.5. The molecule has 1 aliphatic heterocycles. The number of aromatic nitrogens is 1. The van der Waals surface area contributed by atoms with E-state index in [0.717, 1.165) is 22.3 Å². The lowest BCUT2D eigenvalue weighted by Gasteiger charge is -2.25. The Balaban J connectivity index is 1.37. The van der Waals surface area contributed by atoms with Gasteiger partial charge in [-0.2, -0.15) is 0 Å². The van der Waals surface area contributed by atoms with Gasteiger partial charge in [-0.25, -0.2) is 0 Å². The van der Waals surface area contributed by atoms with Crippen LogP contribution in [0.15, 0.2) is 114 Å². The molecule has 6 nitrogen and oxygen atoms in total. The maximum atomic E-state index is 11.7. The first kappa shape index (κ1) is 25.1. The third kappa shape index (κ3) is 6.81. The van der Waals surface area contributed by atoms with Crippen molar-refractivity contribution in [2.75, 3.05) is 6.61 Å². The van der Waals surface area contributed by atoms with E-state index in [0.29, 0.717) is 26.4 Å². The van der Waals surface area contributed by atoms with Crippen LogP contribution in [0.3, 0.4) is 0 Å². The van der Waals surface area contributed by atoms with Crippen LogP contribution in [0.1, 0.15) is 28.4 Å². The molecule has 1 N–H and O–H groups in total. The molecule has 3 aromatic carbocycles. The zero-order valence-corrected chi connectivity index (χ0v) is 20.6. The molecular weight excluding hydrogens is 466 g/mol. The maximum Gasteiger partial charge on any atom is 0.247 e. The van der Waals surface area contributed by atoms with Crippen molar-refractivity contribution in [1.82, 2.24) is 4.98 Å². The van der Waals surface area contributed by atoms with Crippen LogP contribution in [-0.4, -0.2) is 29.9 Å². The van der Waals surface area contributed by atoms with Gasteiger partial charge in [0.25, 0.3) is 0 Å². The zero-order valence-electron chi connectivity index (χ0n) is 20.6. The van der Waals surface area contributed by atoms with Crippen molar-refractivity contribution in [3.8, 4) is 0 Å². The fourth-order valence-electron chi connectivity index (χ4n) is 4.51. The summed E-state index contributed by atoms with van der Waals surface area (Å²) in [5.74, 6) is 0. The Kier molecular flexibility index (Phi) is 8.56. The SMILES string of the molecule is O=c1ccc([C@@H]2O[C@H](COCc3ccccc3)C(OCc3ccccc3)[C@@H]2OCc2ccccc2)c[nH]1. The van der Waals surface area contributed by atoms with Crippen molar-refractivity contribution >= 4 is 0 Å². The van der Waals surface area contributed by atoms with Gasteiger partial charge in [-0.1, -0.05) is 91.0 Å². The van der Waals surface area contributed by atoms with Gasteiger partial charge in [-0.15, -0.1) is 0 Å². The molecule has 1 aliphatic rings. The van der Waals surface area contributed by atoms with Crippen LogP contribution in [0.2, 0.25) is 0 Å². The Bertz CT molecular complexity index is 1260. The van der Waals surface area contributed by atoms with E-state index >= 15 is 0 Å². The molecule has 0 spiro atoms. The summed E-state index contributed by atoms with van der Waals surface area (Å²) < 4.78 is 25.6. The van der Waals surface area contributed by atoms with Crippen LogP contribution in [0.5, 0.6) is 0 Å². The lowest BCUT2D eigenvalue weighted by molar-refractivity contribution is -0.0898. The van der Waals surface area contributed by atoms with Gasteiger partial charge in [0.2, 0.25) is 5.56 Å². The topological polar surface area (TPSA) is 69.8 Å². The van der Waals surface area contributed by atoms with E-state index < -0.39 is 12.2 Å². The highest BCUT2D eigenvalue weighted by molar-refractivity contribution is 5.19. The first-order chi connectivity index (χ1) is 18.3. The fourth-order valence-corrected chi connectivity index (χ4v) is 4.51. The second-order valence-corrected chi connectivity index (χ2v) is 9.10. The van der Waals surface area contributed by atoms with E-state index in [2.05, 4.69) is 4.98 Å². The molecule has 0 aliphatic carbocycles. The Labute approximate surface area is 216 Å². The molecule has 4 atom stereocenters. The van der Waals surface area contributed by atoms with Gasteiger partial charge >= 0.3 is 0 Å². The van der Waals surface area contributed by atoms with Crippen molar-refractivity contribution in [3.63, 3.8) is 0 Å². The largest absolute Gasteiger partial charge is 0.374 e. The number of aromatic amines is 1. The lowest BCUT2D eigenvalue weighted by atomic mass is 10.0. The van der Waals surface area contributed by atoms with Gasteiger partial charge in [0.1, 0.15) is 24.4 Å². The van der Waals surface area contributed by atoms with Crippen LogP contribution in [-0.2, 0) is 38.8 Å². The smallest absolute Gasteiger partial charge is 0.247 e. The van der Waals surface area contributed by atoms with Crippen molar-refractivity contribution < 1.29 is 18.9 Å². The van der Waals surface area contributed by atoms with Crippen molar-refractivity contribution in [3.05, 3.63) is 142 Å². The second-order valence-electron chi connectivity index (χ2n) is 9.10. The monoisotopic (exact) mass is 497 g/mol. The predicted octanol–water partition coefficient (Wildman–Crippen LogP) is 5.20. The molecule has 4 aromatic rings. The normalized spacial score (nSPS) is 21.2. The van der Waals surface area contributed by atoms with Crippen molar-refractivity contribution in [2.45, 2.75) is 44.2 Å². The molecule has 1 unspecified atom stereocenters. The summed E-state index contributed by atoms with van der Waals surface area (Å²) >= 11 is 0. The highest BCUT2D eigenvalue weighted by Crippen LogP contribution is 2.38. The van der Waals surface area contributed by atoms with Gasteiger partial charge in [0, 0.05) is 12.3 Å². The van der Waals surface area contributed by atoms with Crippen LogP contribution in [0, 0.1) is 0 Å². The van der Waals surface area contributed by atoms with Gasteiger partial charge < -0.3 is 23.9 Å². The van der Waals surface area contributed by atoms with Crippen molar-refractivity contribution in [1.29, 1.82) is 0 Å². The number of ether oxygens (including phenoxy) is 4. The molecule has 0 radical (unpaired) electrons. The summed E-state index contributed by atoms with van der Waals surface area (Å²) in [6.45, 7) is 1.66. The quantitative estimate of drug-likeness (QED) is 0.308. The summed E-state index contributed by atoms with van der Waals surface area (Å²) in [4.78, 5) is 14.5. The molecule has 37 heavy (non-hydrogen) atoms. The number of nitrogens with one attached hydrogen (secondary N) is 1. The van der Waals surface area contributed by atoms with E-state index in [1.54, 1.807) is 12.3 Å². The molecule has 2 heterocycles. The fraction of sp³-hybridized carbons (Fsp3) is 0.258. The highest BCUT2D eigenvalue weighted by Gasteiger charge is 2.47. The summed E-state index contributed by atoms with van der Waals surface area (Å²) in [6.07, 6.45) is 0.126. The average Bonchev–Trinajstić information content (AvgIpc) is 3.30. The number of benzene rings is 3. The Hall–Kier alpha value is -3.55. The summed E-state index contributed by atoms with van der Waals surface area (Å²) in [7, 11) is 0. The van der Waals surface area contributed by atoms with Crippen molar-refractivity contribution in [2.24, 2.45) is 0 Å². The van der Waals surface area contributed by atoms with Gasteiger partial charge in [0.05, 0.1) is 26.4 Å². The summed E-state index contributed by atoms with van der Waals surface area (Å²) in [6, 6.07) is 33.4. The maximum absolute atomic E-state index is 11.7. The molecule has 1 fully saturated rings. The number of hydrogen-bond donors (Lipinski definition) is 1. The molecule has 6 heteroatoms. The summed E-state index contributed by atoms with van der Waals surface area (Å²) in [5, 5.41) is 0. The van der Waals surface area contributed by atoms with Gasteiger partial charge in [0.15, 0.2) is 0 Å². The Morgan fingerprint density at radius 1 is 0.649 bits per heavy atom. The van der Waals surface area contributed by atoms with E-state index in [-0.39, 0.29) is 17.8 Å². The van der Waals surface area contributed by atoms with E-state index in [1.807, 2.05) is 91.0 Å². The minimum absolute atomic E-state index is 0.164. The minimum Gasteiger partial charge on any atom is -0.374 e. The van der Waals surface area contributed by atoms with Gasteiger partial charge in [-0.3, -0.25) is 4.79 Å². The standard InChI is InChI=1S/C31H31NO5/c33-28-17-16-26(18-32-28)29-31(36-21-25-14-8-3-9-15-25)30(35-20-24-12-6-2-7-13-24)27(37-29)22-34-19-23-10-4-1-5-11-23/h1-18,27,29-31H,19-22H2,(H,32,33)/t27-,29+,30?,31-/m1/s1. The second kappa shape index (κ2) is 12.6. The molecule has 190 valence electrons. The molecule has 0 amide bonds. The molecular formula is C31H31NO5. The van der Waals surface area contributed by atoms with Crippen LogP contribution in [0.25, 0.3) is 0 Å². The first-order valence-electron chi connectivity index (χ1n) is 12.5. The van der Waals surface area contributed by atoms with E-state index in [4.69, 9.17) is 18.9 Å². The molecule has 0 saturated carbocycles. The third-order valence-electron chi connectivity index (χ3n) is 6.41. The van der Waals surface area contributed by atoms with Gasteiger partial charge in [-0.05, 0) is 28.3 Å². The minimum atomic E-state index is -0.424. The highest BCUT2D eigenvalue weighted by atomic mass is 16.6. The summed E-state index contributed by atoms with van der Waals surface area (Å²) in [5.41, 5.74) is 3.89. The van der Waals surface area contributed by atoms with Crippen LogP contribution >= 0.6 is 0 Å².